The molecule has 0 radical (unpaired) electrons. The van der Waals surface area contributed by atoms with E-state index in [2.05, 4.69) is 10.3 Å². The number of rotatable bonds is 6. The van der Waals surface area contributed by atoms with Crippen molar-refractivity contribution in [3.05, 3.63) is 52.0 Å². The molecule has 0 aliphatic rings. The van der Waals surface area contributed by atoms with E-state index in [4.69, 9.17) is 4.74 Å². The average molecular weight is 290 g/mol. The van der Waals surface area contributed by atoms with Crippen molar-refractivity contribution in [1.82, 2.24) is 10.3 Å². The van der Waals surface area contributed by atoms with Gasteiger partial charge in [-0.25, -0.2) is 4.98 Å². The molecule has 2 rings (SSSR count). The number of ether oxygens (including phenoxy) is 1. The normalized spacial score (nSPS) is 12.1. The molecular formula is C15H18N2O2S. The van der Waals surface area contributed by atoms with Crippen molar-refractivity contribution in [3.8, 4) is 0 Å². The van der Waals surface area contributed by atoms with Gasteiger partial charge in [0.05, 0.1) is 18.0 Å². The highest BCUT2D eigenvalue weighted by Gasteiger charge is 2.20. The maximum Gasteiger partial charge on any atom is 0.314 e. The predicted octanol–water partition coefficient (Wildman–Crippen LogP) is 2.50. The van der Waals surface area contributed by atoms with E-state index < -0.39 is 0 Å². The molecule has 1 aromatic carbocycles. The number of hydrogen-bond donors (Lipinski definition) is 1. The van der Waals surface area contributed by atoms with Crippen LogP contribution in [0.4, 0.5) is 0 Å². The van der Waals surface area contributed by atoms with E-state index in [1.165, 1.54) is 12.0 Å². The summed E-state index contributed by atoms with van der Waals surface area (Å²) in [6, 6.07) is 9.68. The van der Waals surface area contributed by atoms with Crippen LogP contribution in [0.2, 0.25) is 0 Å². The summed E-state index contributed by atoms with van der Waals surface area (Å²) in [4.78, 5) is 17.3. The highest BCUT2D eigenvalue weighted by atomic mass is 32.1. The number of benzene rings is 1. The zero-order valence-electron chi connectivity index (χ0n) is 11.6. The van der Waals surface area contributed by atoms with Crippen LogP contribution in [0.25, 0.3) is 0 Å². The van der Waals surface area contributed by atoms with Crippen LogP contribution in [0.3, 0.4) is 0 Å². The van der Waals surface area contributed by atoms with Gasteiger partial charge in [0.25, 0.3) is 0 Å². The van der Waals surface area contributed by atoms with Crippen molar-refractivity contribution >= 4 is 17.3 Å². The number of aryl methyl sites for hydroxylation is 1. The molecule has 0 saturated heterocycles. The predicted molar refractivity (Wildman–Crippen MR) is 79.8 cm³/mol. The maximum absolute atomic E-state index is 11.9. The Morgan fingerprint density at radius 3 is 2.75 bits per heavy atom. The molecule has 1 heterocycles. The maximum atomic E-state index is 11.9. The summed E-state index contributed by atoms with van der Waals surface area (Å²) < 4.78 is 4.88. The molecule has 2 aromatic rings. The minimum Gasteiger partial charge on any atom is -0.469 e. The fourth-order valence-corrected chi connectivity index (χ4v) is 2.76. The Balaban J connectivity index is 1.96. The Kier molecular flexibility index (Phi) is 5.26. The number of aromatic nitrogens is 1. The van der Waals surface area contributed by atoms with E-state index in [1.807, 2.05) is 43.5 Å². The third kappa shape index (κ3) is 3.88. The third-order valence-electron chi connectivity index (χ3n) is 3.00. The zero-order valence-corrected chi connectivity index (χ0v) is 12.4. The van der Waals surface area contributed by atoms with Crippen molar-refractivity contribution in [2.24, 2.45) is 0 Å². The number of thiazole rings is 1. The minimum absolute atomic E-state index is 0.218. The summed E-state index contributed by atoms with van der Waals surface area (Å²) in [6.07, 6.45) is 1.86. The highest BCUT2D eigenvalue weighted by molar-refractivity contribution is 7.11. The molecule has 0 amide bonds. The van der Waals surface area contributed by atoms with Gasteiger partial charge in [0, 0.05) is 24.2 Å². The monoisotopic (exact) mass is 290 g/mol. The van der Waals surface area contributed by atoms with Gasteiger partial charge in [0.2, 0.25) is 0 Å². The molecule has 0 fully saturated rings. The fourth-order valence-electron chi connectivity index (χ4n) is 1.99. The van der Waals surface area contributed by atoms with Gasteiger partial charge in [-0.3, -0.25) is 4.79 Å². The Morgan fingerprint density at radius 2 is 2.15 bits per heavy atom. The minimum atomic E-state index is -0.282. The molecule has 0 bridgehead atoms. The van der Waals surface area contributed by atoms with Crippen molar-refractivity contribution in [3.63, 3.8) is 0 Å². The number of hydrogen-bond acceptors (Lipinski definition) is 5. The van der Waals surface area contributed by atoms with E-state index in [0.717, 1.165) is 10.6 Å². The van der Waals surface area contributed by atoms with Gasteiger partial charge in [0.1, 0.15) is 0 Å². The first kappa shape index (κ1) is 14.7. The van der Waals surface area contributed by atoms with Crippen LogP contribution in [0.1, 0.15) is 21.4 Å². The molecule has 20 heavy (non-hydrogen) atoms. The molecule has 4 nitrogen and oxygen atoms in total. The van der Waals surface area contributed by atoms with Crippen LogP contribution < -0.4 is 5.32 Å². The zero-order chi connectivity index (χ0) is 14.4. The van der Waals surface area contributed by atoms with Gasteiger partial charge < -0.3 is 10.1 Å². The van der Waals surface area contributed by atoms with E-state index in [0.29, 0.717) is 13.1 Å². The lowest BCUT2D eigenvalue weighted by atomic mass is 9.99. The van der Waals surface area contributed by atoms with Gasteiger partial charge in [-0.2, -0.15) is 0 Å². The first-order chi connectivity index (χ1) is 9.70. The Hall–Kier alpha value is -1.72. The second kappa shape index (κ2) is 7.17. The van der Waals surface area contributed by atoms with Crippen molar-refractivity contribution in [2.75, 3.05) is 13.7 Å². The van der Waals surface area contributed by atoms with Gasteiger partial charge in [-0.05, 0) is 12.5 Å². The van der Waals surface area contributed by atoms with Crippen LogP contribution in [-0.4, -0.2) is 24.6 Å². The standard InChI is InChI=1S/C15H18N2O2S/c1-11-17-9-13(20-11)8-16-10-14(15(18)19-2)12-6-4-3-5-7-12/h3-7,9,14,16H,8,10H2,1-2H3. The van der Waals surface area contributed by atoms with Crippen molar-refractivity contribution in [2.45, 2.75) is 19.4 Å². The number of esters is 1. The van der Waals surface area contributed by atoms with Crippen LogP contribution in [-0.2, 0) is 16.1 Å². The smallest absolute Gasteiger partial charge is 0.314 e. The lowest BCUT2D eigenvalue weighted by molar-refractivity contribution is -0.142. The van der Waals surface area contributed by atoms with E-state index >= 15 is 0 Å². The summed E-state index contributed by atoms with van der Waals surface area (Å²) in [5.74, 6) is -0.501. The van der Waals surface area contributed by atoms with E-state index in [1.54, 1.807) is 11.3 Å². The summed E-state index contributed by atoms with van der Waals surface area (Å²) in [6.45, 7) is 3.24. The summed E-state index contributed by atoms with van der Waals surface area (Å²) >= 11 is 1.66. The van der Waals surface area contributed by atoms with Crippen LogP contribution >= 0.6 is 11.3 Å². The summed E-state index contributed by atoms with van der Waals surface area (Å²) in [5.41, 5.74) is 0.965. The molecule has 1 atom stereocenters. The fraction of sp³-hybridized carbons (Fsp3) is 0.333. The van der Waals surface area contributed by atoms with E-state index in [9.17, 15) is 4.79 Å². The molecule has 106 valence electrons. The average Bonchev–Trinajstić information content (AvgIpc) is 2.89. The molecule has 0 saturated carbocycles. The topological polar surface area (TPSA) is 51.2 Å². The summed E-state index contributed by atoms with van der Waals surface area (Å²) in [7, 11) is 1.42. The number of nitrogens with one attached hydrogen (secondary N) is 1. The highest BCUT2D eigenvalue weighted by Crippen LogP contribution is 2.17. The molecule has 1 aromatic heterocycles. The van der Waals surface area contributed by atoms with Gasteiger partial charge >= 0.3 is 5.97 Å². The second-order valence-electron chi connectivity index (χ2n) is 4.46. The molecule has 1 N–H and O–H groups in total. The Morgan fingerprint density at radius 1 is 1.40 bits per heavy atom. The van der Waals surface area contributed by atoms with Crippen LogP contribution in [0.5, 0.6) is 0 Å². The van der Waals surface area contributed by atoms with Gasteiger partial charge in [-0.15, -0.1) is 11.3 Å². The molecule has 5 heteroatoms. The molecule has 0 aliphatic heterocycles. The number of carbonyl (C=O) groups excluding carboxylic acids is 1. The molecule has 0 aliphatic carbocycles. The van der Waals surface area contributed by atoms with Crippen LogP contribution in [0.15, 0.2) is 36.5 Å². The molecule has 0 spiro atoms. The largest absolute Gasteiger partial charge is 0.469 e. The number of methoxy groups -OCH3 is 1. The van der Waals surface area contributed by atoms with Gasteiger partial charge in [0.15, 0.2) is 0 Å². The quantitative estimate of drug-likeness (QED) is 0.831. The van der Waals surface area contributed by atoms with Gasteiger partial charge in [-0.1, -0.05) is 30.3 Å². The lowest BCUT2D eigenvalue weighted by Gasteiger charge is -2.15. The summed E-state index contributed by atoms with van der Waals surface area (Å²) in [5, 5.41) is 4.35. The lowest BCUT2D eigenvalue weighted by Crippen LogP contribution is -2.27. The third-order valence-corrected chi connectivity index (χ3v) is 3.92. The van der Waals surface area contributed by atoms with Crippen molar-refractivity contribution in [1.29, 1.82) is 0 Å². The second-order valence-corrected chi connectivity index (χ2v) is 5.78. The first-order valence-corrected chi connectivity index (χ1v) is 7.27. The number of carbonyl (C=O) groups is 1. The molecular weight excluding hydrogens is 272 g/mol. The SMILES string of the molecule is COC(=O)C(CNCc1cnc(C)s1)c1ccccc1. The molecule has 1 unspecified atom stereocenters. The van der Waals surface area contributed by atoms with Crippen molar-refractivity contribution < 1.29 is 9.53 Å². The Bertz CT molecular complexity index is 554. The van der Waals surface area contributed by atoms with E-state index in [-0.39, 0.29) is 11.9 Å². The first-order valence-electron chi connectivity index (χ1n) is 6.45. The Labute approximate surface area is 122 Å². The number of nitrogens with zero attached hydrogens (tertiary/aromatic N) is 1. The van der Waals surface area contributed by atoms with Crippen LogP contribution in [0, 0.1) is 6.92 Å².